The number of rotatable bonds is 8. The van der Waals surface area contributed by atoms with Crippen LogP contribution in [0.15, 0.2) is 78.9 Å². The number of ether oxygens (including phenoxy) is 2. The molecular weight excluding hydrogens is 408 g/mol. The summed E-state index contributed by atoms with van der Waals surface area (Å²) in [5.74, 6) is 1.78. The molecule has 0 unspecified atom stereocenters. The molecule has 1 aromatic heterocycles. The first-order valence-electron chi connectivity index (χ1n) is 11.8. The highest BCUT2D eigenvalue weighted by Crippen LogP contribution is 2.31. The van der Waals surface area contributed by atoms with Gasteiger partial charge in [0.1, 0.15) is 18.1 Å². The van der Waals surface area contributed by atoms with E-state index in [-0.39, 0.29) is 0 Å². The fraction of sp³-hybridized carbons (Fsp3) is 0.276. The lowest BCUT2D eigenvalue weighted by molar-refractivity contribution is 0.197. The Morgan fingerprint density at radius 1 is 0.848 bits per heavy atom. The lowest BCUT2D eigenvalue weighted by atomic mass is 10.0. The van der Waals surface area contributed by atoms with E-state index >= 15 is 0 Å². The van der Waals surface area contributed by atoms with Gasteiger partial charge < -0.3 is 9.47 Å². The zero-order valence-corrected chi connectivity index (χ0v) is 19.2. The summed E-state index contributed by atoms with van der Waals surface area (Å²) in [6.07, 6.45) is 2.11. The van der Waals surface area contributed by atoms with Gasteiger partial charge in [-0.05, 0) is 60.4 Å². The summed E-state index contributed by atoms with van der Waals surface area (Å²) < 4.78 is 12.1. The first kappa shape index (κ1) is 21.5. The Morgan fingerprint density at radius 3 is 2.48 bits per heavy atom. The molecule has 0 saturated heterocycles. The number of nitrogens with zero attached hydrogens (tertiary/aromatic N) is 2. The van der Waals surface area contributed by atoms with E-state index in [0.29, 0.717) is 6.61 Å². The van der Waals surface area contributed by atoms with Crippen molar-refractivity contribution in [1.29, 1.82) is 0 Å². The molecule has 1 aliphatic rings. The van der Waals surface area contributed by atoms with E-state index in [9.17, 15) is 0 Å². The number of pyridine rings is 1. The quantitative estimate of drug-likeness (QED) is 0.332. The summed E-state index contributed by atoms with van der Waals surface area (Å²) in [7, 11) is 0. The lowest BCUT2D eigenvalue weighted by Gasteiger charge is -2.28. The molecule has 0 atom stereocenters. The van der Waals surface area contributed by atoms with Crippen LogP contribution in [0.2, 0.25) is 0 Å². The van der Waals surface area contributed by atoms with Crippen LogP contribution in [-0.4, -0.2) is 36.2 Å². The van der Waals surface area contributed by atoms with E-state index < -0.39 is 0 Å². The van der Waals surface area contributed by atoms with Crippen molar-refractivity contribution in [2.45, 2.75) is 26.3 Å². The van der Waals surface area contributed by atoms with Crippen LogP contribution >= 0.6 is 0 Å². The summed E-state index contributed by atoms with van der Waals surface area (Å²) in [5.41, 5.74) is 5.83. The molecule has 4 heteroatoms. The summed E-state index contributed by atoms with van der Waals surface area (Å²) in [6, 6.07) is 27.2. The number of hydrogen-bond donors (Lipinski definition) is 0. The lowest BCUT2D eigenvalue weighted by Crippen LogP contribution is -2.33. The van der Waals surface area contributed by atoms with Crippen LogP contribution in [0.4, 0.5) is 0 Å². The van der Waals surface area contributed by atoms with Gasteiger partial charge in [0.25, 0.3) is 0 Å². The Hall–Kier alpha value is -3.37. The zero-order chi connectivity index (χ0) is 22.5. The fourth-order valence-electron chi connectivity index (χ4n) is 4.38. The van der Waals surface area contributed by atoms with Gasteiger partial charge in [0.15, 0.2) is 0 Å². The van der Waals surface area contributed by atoms with Crippen LogP contribution < -0.4 is 9.47 Å². The van der Waals surface area contributed by atoms with Crippen LogP contribution in [0.25, 0.3) is 22.2 Å². The molecule has 5 rings (SSSR count). The van der Waals surface area contributed by atoms with Crippen LogP contribution in [0.1, 0.15) is 24.5 Å². The predicted molar refractivity (Wildman–Crippen MR) is 134 cm³/mol. The van der Waals surface area contributed by atoms with Gasteiger partial charge in [-0.2, -0.15) is 0 Å². The highest BCUT2D eigenvalue weighted by atomic mass is 16.5. The standard InChI is InChI=1S/C29H30N2O2/c1-2-18-32-25-13-11-23(12-14-25)28-20-29(26-9-5-6-10-27(26)30-28)33-19-17-31-16-15-22-7-3-4-8-24(22)21-31/h3-14,20H,2,15-19,21H2,1H3. The molecule has 2 heterocycles. The minimum absolute atomic E-state index is 0.652. The molecule has 168 valence electrons. The molecule has 1 aliphatic heterocycles. The second kappa shape index (κ2) is 10.1. The smallest absolute Gasteiger partial charge is 0.130 e. The van der Waals surface area contributed by atoms with Crippen molar-refractivity contribution in [2.75, 3.05) is 26.3 Å². The molecule has 0 radical (unpaired) electrons. The maximum atomic E-state index is 6.34. The van der Waals surface area contributed by atoms with Gasteiger partial charge in [0.2, 0.25) is 0 Å². The summed E-state index contributed by atoms with van der Waals surface area (Å²) >= 11 is 0. The van der Waals surface area contributed by atoms with Crippen molar-refractivity contribution < 1.29 is 9.47 Å². The molecule has 0 aliphatic carbocycles. The number of aromatic nitrogens is 1. The molecule has 0 bridgehead atoms. The second-order valence-corrected chi connectivity index (χ2v) is 8.54. The SMILES string of the molecule is CCCOc1ccc(-c2cc(OCCN3CCc4ccccc4C3)c3ccccc3n2)cc1. The maximum Gasteiger partial charge on any atom is 0.130 e. The second-order valence-electron chi connectivity index (χ2n) is 8.54. The van der Waals surface area contributed by atoms with E-state index in [1.54, 1.807) is 0 Å². The minimum Gasteiger partial charge on any atom is -0.494 e. The van der Waals surface area contributed by atoms with Crippen molar-refractivity contribution in [3.05, 3.63) is 90.0 Å². The van der Waals surface area contributed by atoms with Gasteiger partial charge in [-0.3, -0.25) is 4.90 Å². The molecule has 4 aromatic rings. The molecule has 0 fully saturated rings. The third-order valence-corrected chi connectivity index (χ3v) is 6.18. The molecular formula is C29H30N2O2. The monoisotopic (exact) mass is 438 g/mol. The maximum absolute atomic E-state index is 6.34. The highest BCUT2D eigenvalue weighted by Gasteiger charge is 2.16. The number of hydrogen-bond acceptors (Lipinski definition) is 4. The number of para-hydroxylation sites is 1. The Bertz CT molecular complexity index is 1220. The van der Waals surface area contributed by atoms with Gasteiger partial charge >= 0.3 is 0 Å². The van der Waals surface area contributed by atoms with E-state index in [4.69, 9.17) is 14.5 Å². The van der Waals surface area contributed by atoms with Gasteiger partial charge in [0.05, 0.1) is 17.8 Å². The Kier molecular flexibility index (Phi) is 6.54. The third-order valence-electron chi connectivity index (χ3n) is 6.18. The van der Waals surface area contributed by atoms with Crippen LogP contribution in [0, 0.1) is 0 Å². The van der Waals surface area contributed by atoms with Crippen molar-refractivity contribution in [1.82, 2.24) is 9.88 Å². The van der Waals surface area contributed by atoms with Crippen molar-refractivity contribution >= 4 is 10.9 Å². The molecule has 0 amide bonds. The number of fused-ring (bicyclic) bond motifs is 2. The zero-order valence-electron chi connectivity index (χ0n) is 19.2. The third kappa shape index (κ3) is 5.01. The van der Waals surface area contributed by atoms with Crippen molar-refractivity contribution in [3.8, 4) is 22.8 Å². The van der Waals surface area contributed by atoms with Gasteiger partial charge in [-0.25, -0.2) is 4.98 Å². The molecule has 4 nitrogen and oxygen atoms in total. The predicted octanol–water partition coefficient (Wildman–Crippen LogP) is 6.13. The van der Waals surface area contributed by atoms with E-state index in [1.165, 1.54) is 11.1 Å². The minimum atomic E-state index is 0.652. The Labute approximate surface area is 195 Å². The first-order chi connectivity index (χ1) is 16.3. The van der Waals surface area contributed by atoms with Crippen molar-refractivity contribution in [2.24, 2.45) is 0 Å². The van der Waals surface area contributed by atoms with Crippen LogP contribution in [0.3, 0.4) is 0 Å². The molecule has 3 aromatic carbocycles. The van der Waals surface area contributed by atoms with Gasteiger partial charge in [-0.15, -0.1) is 0 Å². The fourth-order valence-corrected chi connectivity index (χ4v) is 4.38. The number of benzene rings is 3. The van der Waals surface area contributed by atoms with E-state index in [1.807, 2.05) is 30.3 Å². The highest BCUT2D eigenvalue weighted by molar-refractivity contribution is 5.87. The Balaban J connectivity index is 1.31. The summed E-state index contributed by atoms with van der Waals surface area (Å²) in [6.45, 7) is 6.47. The average molecular weight is 439 g/mol. The normalized spacial score (nSPS) is 13.6. The molecule has 33 heavy (non-hydrogen) atoms. The van der Waals surface area contributed by atoms with E-state index in [2.05, 4.69) is 60.4 Å². The molecule has 0 N–H and O–H groups in total. The topological polar surface area (TPSA) is 34.6 Å². The van der Waals surface area contributed by atoms with Crippen molar-refractivity contribution in [3.63, 3.8) is 0 Å². The first-order valence-corrected chi connectivity index (χ1v) is 11.8. The van der Waals surface area contributed by atoms with Crippen LogP contribution in [-0.2, 0) is 13.0 Å². The van der Waals surface area contributed by atoms with E-state index in [0.717, 1.165) is 72.7 Å². The Morgan fingerprint density at radius 2 is 1.64 bits per heavy atom. The van der Waals surface area contributed by atoms with Gasteiger partial charge in [0, 0.05) is 36.7 Å². The molecule has 0 saturated carbocycles. The molecule has 0 spiro atoms. The summed E-state index contributed by atoms with van der Waals surface area (Å²) in [5, 5.41) is 1.05. The summed E-state index contributed by atoms with van der Waals surface area (Å²) in [4.78, 5) is 7.36. The average Bonchev–Trinajstić information content (AvgIpc) is 2.87. The van der Waals surface area contributed by atoms with Gasteiger partial charge in [-0.1, -0.05) is 43.3 Å². The largest absolute Gasteiger partial charge is 0.494 e. The van der Waals surface area contributed by atoms with Crippen LogP contribution in [0.5, 0.6) is 11.5 Å².